The predicted octanol–water partition coefficient (Wildman–Crippen LogP) is 3.84. The largest absolute Gasteiger partial charge is 0.312 e. The topological polar surface area (TPSA) is 12.0 Å². The average Bonchev–Trinajstić information content (AvgIpc) is 2.17. The Bertz CT molecular complexity index is 166. The molecule has 0 saturated heterocycles. The zero-order valence-corrected chi connectivity index (χ0v) is 11.2. The highest BCUT2D eigenvalue weighted by Crippen LogP contribution is 2.34. The van der Waals surface area contributed by atoms with Gasteiger partial charge in [-0.1, -0.05) is 27.7 Å². The summed E-state index contributed by atoms with van der Waals surface area (Å²) in [7, 11) is 0. The van der Waals surface area contributed by atoms with Crippen molar-refractivity contribution in [3.63, 3.8) is 0 Å². The lowest BCUT2D eigenvalue weighted by Gasteiger charge is -2.35. The van der Waals surface area contributed by atoms with Crippen molar-refractivity contribution in [2.24, 2.45) is 17.8 Å². The van der Waals surface area contributed by atoms with Gasteiger partial charge in [-0.3, -0.25) is 0 Å². The maximum Gasteiger partial charge on any atom is 0.00693 e. The van der Waals surface area contributed by atoms with E-state index in [0.29, 0.717) is 12.1 Å². The normalized spacial score (nSPS) is 29.8. The molecule has 0 amide bonds. The predicted molar refractivity (Wildman–Crippen MR) is 68.0 cm³/mol. The van der Waals surface area contributed by atoms with Crippen LogP contribution in [0.5, 0.6) is 0 Å². The van der Waals surface area contributed by atoms with Crippen LogP contribution >= 0.6 is 0 Å². The first-order chi connectivity index (χ1) is 7.00. The summed E-state index contributed by atoms with van der Waals surface area (Å²) in [6, 6.07) is 1.33. The Morgan fingerprint density at radius 3 is 1.67 bits per heavy atom. The molecule has 1 nitrogen and oxygen atoms in total. The zero-order chi connectivity index (χ0) is 11.4. The molecule has 1 saturated carbocycles. The summed E-state index contributed by atoms with van der Waals surface area (Å²) < 4.78 is 0. The monoisotopic (exact) mass is 211 g/mol. The maximum atomic E-state index is 3.66. The SMILES string of the molecule is CC(C)N[C@H](C)[C@H]1CC[C@@H](C(C)C)CC1. The van der Waals surface area contributed by atoms with Gasteiger partial charge < -0.3 is 5.32 Å². The molecule has 1 aliphatic carbocycles. The van der Waals surface area contributed by atoms with Crippen LogP contribution in [0.2, 0.25) is 0 Å². The van der Waals surface area contributed by atoms with Gasteiger partial charge in [0.2, 0.25) is 0 Å². The highest BCUT2D eigenvalue weighted by molar-refractivity contribution is 4.81. The molecule has 90 valence electrons. The molecule has 1 rings (SSSR count). The molecule has 1 atom stereocenters. The van der Waals surface area contributed by atoms with Gasteiger partial charge in [-0.2, -0.15) is 0 Å². The molecule has 1 heteroatoms. The van der Waals surface area contributed by atoms with Crippen molar-refractivity contribution in [3.05, 3.63) is 0 Å². The van der Waals surface area contributed by atoms with E-state index in [1.807, 2.05) is 0 Å². The summed E-state index contributed by atoms with van der Waals surface area (Å²) in [6.07, 6.45) is 5.77. The highest BCUT2D eigenvalue weighted by atomic mass is 14.9. The molecule has 1 N–H and O–H groups in total. The second-order valence-electron chi connectivity index (χ2n) is 6.03. The quantitative estimate of drug-likeness (QED) is 0.745. The van der Waals surface area contributed by atoms with Gasteiger partial charge in [-0.15, -0.1) is 0 Å². The van der Waals surface area contributed by atoms with E-state index >= 15 is 0 Å². The van der Waals surface area contributed by atoms with Gasteiger partial charge in [0.1, 0.15) is 0 Å². The minimum atomic E-state index is 0.628. The van der Waals surface area contributed by atoms with E-state index in [4.69, 9.17) is 0 Å². The first kappa shape index (κ1) is 13.0. The Morgan fingerprint density at radius 1 is 0.800 bits per heavy atom. The Labute approximate surface area is 96.0 Å². The molecule has 1 fully saturated rings. The van der Waals surface area contributed by atoms with Gasteiger partial charge in [0.15, 0.2) is 0 Å². The molecule has 0 radical (unpaired) electrons. The standard InChI is InChI=1S/C14H29N/c1-10(2)13-6-8-14(9-7-13)12(5)15-11(3)4/h10-15H,6-9H2,1-5H3/t12-,13-,14+/m1/s1. The van der Waals surface area contributed by atoms with Gasteiger partial charge in [0.05, 0.1) is 0 Å². The Kier molecular flexibility index (Phi) is 5.11. The number of rotatable bonds is 4. The fourth-order valence-electron chi connectivity index (χ4n) is 2.97. The summed E-state index contributed by atoms with van der Waals surface area (Å²) in [5.41, 5.74) is 0. The number of hydrogen-bond acceptors (Lipinski definition) is 1. The maximum absolute atomic E-state index is 3.66. The van der Waals surface area contributed by atoms with Gasteiger partial charge in [0, 0.05) is 12.1 Å². The number of nitrogens with one attached hydrogen (secondary N) is 1. The Balaban J connectivity index is 2.30. The Hall–Kier alpha value is -0.0400. The van der Waals surface area contributed by atoms with E-state index in [2.05, 4.69) is 39.9 Å². The second kappa shape index (κ2) is 5.89. The van der Waals surface area contributed by atoms with Crippen molar-refractivity contribution >= 4 is 0 Å². The minimum Gasteiger partial charge on any atom is -0.312 e. The number of hydrogen-bond donors (Lipinski definition) is 1. The fraction of sp³-hybridized carbons (Fsp3) is 1.00. The van der Waals surface area contributed by atoms with E-state index in [0.717, 1.165) is 17.8 Å². The third kappa shape index (κ3) is 4.14. The van der Waals surface area contributed by atoms with Crippen molar-refractivity contribution in [2.75, 3.05) is 0 Å². The van der Waals surface area contributed by atoms with Crippen LogP contribution in [-0.4, -0.2) is 12.1 Å². The van der Waals surface area contributed by atoms with Crippen LogP contribution in [0.1, 0.15) is 60.3 Å². The molecule has 0 aliphatic heterocycles. The molecule has 0 spiro atoms. The first-order valence-electron chi connectivity index (χ1n) is 6.76. The van der Waals surface area contributed by atoms with Crippen LogP contribution in [0, 0.1) is 17.8 Å². The van der Waals surface area contributed by atoms with Crippen LogP contribution < -0.4 is 5.32 Å². The molecule has 0 unspecified atom stereocenters. The van der Waals surface area contributed by atoms with Gasteiger partial charge >= 0.3 is 0 Å². The van der Waals surface area contributed by atoms with Crippen LogP contribution in [-0.2, 0) is 0 Å². The molecule has 0 bridgehead atoms. The van der Waals surface area contributed by atoms with Crippen molar-refractivity contribution < 1.29 is 0 Å². The van der Waals surface area contributed by atoms with E-state index < -0.39 is 0 Å². The van der Waals surface area contributed by atoms with Gasteiger partial charge in [0.25, 0.3) is 0 Å². The molecule has 0 aromatic rings. The van der Waals surface area contributed by atoms with E-state index in [9.17, 15) is 0 Å². The average molecular weight is 211 g/mol. The van der Waals surface area contributed by atoms with Crippen molar-refractivity contribution in [1.82, 2.24) is 5.32 Å². The third-order valence-electron chi connectivity index (χ3n) is 4.06. The summed E-state index contributed by atoms with van der Waals surface area (Å²) in [6.45, 7) is 11.6. The van der Waals surface area contributed by atoms with E-state index in [-0.39, 0.29) is 0 Å². The summed E-state index contributed by atoms with van der Waals surface area (Å²) in [5, 5.41) is 3.66. The lowest BCUT2D eigenvalue weighted by Crippen LogP contribution is -2.39. The smallest absolute Gasteiger partial charge is 0.00693 e. The second-order valence-corrected chi connectivity index (χ2v) is 6.03. The molecule has 0 aromatic heterocycles. The van der Waals surface area contributed by atoms with Crippen LogP contribution in [0.25, 0.3) is 0 Å². The zero-order valence-electron chi connectivity index (χ0n) is 11.2. The summed E-state index contributed by atoms with van der Waals surface area (Å²) in [5.74, 6) is 2.80. The molecule has 15 heavy (non-hydrogen) atoms. The van der Waals surface area contributed by atoms with Crippen molar-refractivity contribution in [1.29, 1.82) is 0 Å². The third-order valence-corrected chi connectivity index (χ3v) is 4.06. The molecular formula is C14H29N. The highest BCUT2D eigenvalue weighted by Gasteiger charge is 2.26. The van der Waals surface area contributed by atoms with E-state index in [1.54, 1.807) is 0 Å². The molecular weight excluding hydrogens is 182 g/mol. The van der Waals surface area contributed by atoms with E-state index in [1.165, 1.54) is 25.7 Å². The van der Waals surface area contributed by atoms with Crippen LogP contribution in [0.15, 0.2) is 0 Å². The summed E-state index contributed by atoms with van der Waals surface area (Å²) >= 11 is 0. The summed E-state index contributed by atoms with van der Waals surface area (Å²) in [4.78, 5) is 0. The fourth-order valence-corrected chi connectivity index (χ4v) is 2.97. The lowest BCUT2D eigenvalue weighted by atomic mass is 9.75. The van der Waals surface area contributed by atoms with Gasteiger partial charge in [-0.05, 0) is 50.4 Å². The minimum absolute atomic E-state index is 0.628. The molecule has 0 aromatic carbocycles. The van der Waals surface area contributed by atoms with Gasteiger partial charge in [-0.25, -0.2) is 0 Å². The van der Waals surface area contributed by atoms with Crippen molar-refractivity contribution in [3.8, 4) is 0 Å². The lowest BCUT2D eigenvalue weighted by molar-refractivity contribution is 0.190. The van der Waals surface area contributed by atoms with Crippen LogP contribution in [0.3, 0.4) is 0 Å². The Morgan fingerprint density at radius 2 is 1.27 bits per heavy atom. The molecule has 1 aliphatic rings. The molecule has 0 heterocycles. The van der Waals surface area contributed by atoms with Crippen LogP contribution in [0.4, 0.5) is 0 Å². The van der Waals surface area contributed by atoms with Crippen molar-refractivity contribution in [2.45, 2.75) is 72.4 Å². The first-order valence-corrected chi connectivity index (χ1v) is 6.76.